The topological polar surface area (TPSA) is 0 Å². The summed E-state index contributed by atoms with van der Waals surface area (Å²) in [5.41, 5.74) is 9.89. The first-order valence-electron chi connectivity index (χ1n) is 16.6. The van der Waals surface area contributed by atoms with E-state index in [-0.39, 0.29) is 0 Å². The van der Waals surface area contributed by atoms with Crippen molar-refractivity contribution in [1.82, 2.24) is 0 Å². The summed E-state index contributed by atoms with van der Waals surface area (Å²) >= 11 is 0. The minimum atomic E-state index is 1.19. The number of hydrogen-bond donors (Lipinski definition) is 0. The van der Waals surface area contributed by atoms with Gasteiger partial charge in [-0.1, -0.05) is 164 Å². The Labute approximate surface area is 280 Å². The first-order valence-corrected chi connectivity index (χ1v) is 16.6. The number of benzene rings is 9. The van der Waals surface area contributed by atoms with Gasteiger partial charge in [0.25, 0.3) is 0 Å². The second-order valence-corrected chi connectivity index (χ2v) is 12.6. The van der Waals surface area contributed by atoms with Crippen molar-refractivity contribution in [1.29, 1.82) is 0 Å². The van der Waals surface area contributed by atoms with Crippen LogP contribution in [0.1, 0.15) is 11.1 Å². The number of hydrogen-bond acceptors (Lipinski definition) is 0. The van der Waals surface area contributed by atoms with Crippen LogP contribution in [0.3, 0.4) is 0 Å². The zero-order valence-corrected chi connectivity index (χ0v) is 26.5. The Morgan fingerprint density at radius 1 is 0.250 bits per heavy atom. The molecule has 9 aromatic carbocycles. The van der Waals surface area contributed by atoms with Gasteiger partial charge in [-0.25, -0.2) is 0 Å². The predicted octanol–water partition coefficient (Wildman–Crippen LogP) is 13.5. The van der Waals surface area contributed by atoms with Gasteiger partial charge in [-0.3, -0.25) is 0 Å². The molecule has 0 saturated carbocycles. The van der Waals surface area contributed by atoms with Crippen LogP contribution >= 0.6 is 0 Å². The molecular formula is C48H32. The Bertz CT molecular complexity index is 2590. The van der Waals surface area contributed by atoms with Crippen LogP contribution in [0.25, 0.3) is 88.6 Å². The number of fused-ring (bicyclic) bond motifs is 4. The van der Waals surface area contributed by atoms with Gasteiger partial charge in [-0.05, 0) is 118 Å². The summed E-state index contributed by atoms with van der Waals surface area (Å²) in [6.45, 7) is 0. The molecule has 0 aliphatic heterocycles. The van der Waals surface area contributed by atoms with Crippen molar-refractivity contribution in [2.75, 3.05) is 0 Å². The summed E-state index contributed by atoms with van der Waals surface area (Å²) in [6.07, 6.45) is 4.43. The van der Waals surface area contributed by atoms with Crippen LogP contribution in [0.5, 0.6) is 0 Å². The average Bonchev–Trinajstić information content (AvgIpc) is 3.16. The maximum absolute atomic E-state index is 2.34. The highest BCUT2D eigenvalue weighted by atomic mass is 14.1. The van der Waals surface area contributed by atoms with Crippen LogP contribution < -0.4 is 0 Å². The molecule has 0 nitrogen and oxygen atoms in total. The molecule has 0 aromatic heterocycles. The van der Waals surface area contributed by atoms with Crippen molar-refractivity contribution < 1.29 is 0 Å². The zero-order valence-electron chi connectivity index (χ0n) is 26.5. The normalized spacial score (nSPS) is 11.7. The smallest absolute Gasteiger partial charge is 0.00266 e. The zero-order chi connectivity index (χ0) is 31.9. The largest absolute Gasteiger partial charge is 0.0622 e. The molecule has 0 bridgehead atoms. The van der Waals surface area contributed by atoms with E-state index in [4.69, 9.17) is 0 Å². The molecule has 0 atom stereocenters. The third kappa shape index (κ3) is 5.24. The molecule has 0 saturated heterocycles. The SMILES string of the molecule is C(=Cc1ccc2cc(-c3c4ccccc4cc4ccccc34)ccc2c1)c1ccc2cc(-c3ccc(-c4ccccc4)cc3)ccc2c1. The minimum absolute atomic E-state index is 1.19. The highest BCUT2D eigenvalue weighted by molar-refractivity contribution is 6.13. The van der Waals surface area contributed by atoms with E-state index in [1.54, 1.807) is 0 Å². The molecular weight excluding hydrogens is 577 g/mol. The Morgan fingerprint density at radius 3 is 1.27 bits per heavy atom. The summed E-state index contributed by atoms with van der Waals surface area (Å²) in [5, 5.41) is 10.1. The van der Waals surface area contributed by atoms with Gasteiger partial charge < -0.3 is 0 Å². The van der Waals surface area contributed by atoms with Crippen LogP contribution in [-0.4, -0.2) is 0 Å². The highest BCUT2D eigenvalue weighted by Crippen LogP contribution is 2.38. The molecule has 0 N–H and O–H groups in total. The predicted molar refractivity (Wildman–Crippen MR) is 208 cm³/mol. The van der Waals surface area contributed by atoms with Gasteiger partial charge >= 0.3 is 0 Å². The Balaban J connectivity index is 0.976. The molecule has 224 valence electrons. The molecule has 48 heavy (non-hydrogen) atoms. The van der Waals surface area contributed by atoms with Gasteiger partial charge in [0, 0.05) is 0 Å². The summed E-state index contributed by atoms with van der Waals surface area (Å²) < 4.78 is 0. The van der Waals surface area contributed by atoms with Gasteiger partial charge in [-0.15, -0.1) is 0 Å². The maximum atomic E-state index is 2.34. The molecule has 0 aliphatic carbocycles. The third-order valence-corrected chi connectivity index (χ3v) is 9.58. The van der Waals surface area contributed by atoms with Crippen molar-refractivity contribution in [3.63, 3.8) is 0 Å². The molecule has 9 aromatic rings. The molecule has 0 spiro atoms. The second-order valence-electron chi connectivity index (χ2n) is 12.6. The lowest BCUT2D eigenvalue weighted by molar-refractivity contribution is 1.60. The molecule has 0 radical (unpaired) electrons. The van der Waals surface area contributed by atoms with Gasteiger partial charge in [-0.2, -0.15) is 0 Å². The minimum Gasteiger partial charge on any atom is -0.0622 e. The van der Waals surface area contributed by atoms with Crippen molar-refractivity contribution in [3.8, 4) is 33.4 Å². The van der Waals surface area contributed by atoms with Crippen LogP contribution in [0.2, 0.25) is 0 Å². The Hall–Kier alpha value is -6.24. The molecule has 0 heteroatoms. The van der Waals surface area contributed by atoms with E-state index in [1.165, 1.54) is 87.6 Å². The van der Waals surface area contributed by atoms with Crippen LogP contribution in [0.15, 0.2) is 182 Å². The molecule has 0 fully saturated rings. The fourth-order valence-corrected chi connectivity index (χ4v) is 7.07. The molecule has 0 heterocycles. The van der Waals surface area contributed by atoms with Crippen molar-refractivity contribution in [2.45, 2.75) is 0 Å². The monoisotopic (exact) mass is 608 g/mol. The van der Waals surface area contributed by atoms with Crippen LogP contribution in [-0.2, 0) is 0 Å². The summed E-state index contributed by atoms with van der Waals surface area (Å²) in [5.74, 6) is 0. The van der Waals surface area contributed by atoms with Gasteiger partial charge in [0.15, 0.2) is 0 Å². The molecule has 9 rings (SSSR count). The molecule has 0 unspecified atom stereocenters. The molecule has 0 amide bonds. The Kier molecular flexibility index (Phi) is 6.91. The van der Waals surface area contributed by atoms with E-state index in [2.05, 4.69) is 194 Å². The van der Waals surface area contributed by atoms with Crippen LogP contribution in [0.4, 0.5) is 0 Å². The highest BCUT2D eigenvalue weighted by Gasteiger charge is 2.10. The number of rotatable bonds is 5. The van der Waals surface area contributed by atoms with E-state index in [0.717, 1.165) is 0 Å². The molecule has 0 aliphatic rings. The van der Waals surface area contributed by atoms with Crippen LogP contribution in [0, 0.1) is 0 Å². The lowest BCUT2D eigenvalue weighted by Gasteiger charge is -2.13. The van der Waals surface area contributed by atoms with Crippen molar-refractivity contribution in [2.24, 2.45) is 0 Å². The lowest BCUT2D eigenvalue weighted by Crippen LogP contribution is -1.86. The average molecular weight is 609 g/mol. The third-order valence-electron chi connectivity index (χ3n) is 9.58. The van der Waals surface area contributed by atoms with E-state index >= 15 is 0 Å². The van der Waals surface area contributed by atoms with Crippen molar-refractivity contribution >= 4 is 55.2 Å². The summed E-state index contributed by atoms with van der Waals surface area (Å²) in [4.78, 5) is 0. The maximum Gasteiger partial charge on any atom is -0.00266 e. The fourth-order valence-electron chi connectivity index (χ4n) is 7.07. The quantitative estimate of drug-likeness (QED) is 0.135. The second kappa shape index (κ2) is 11.8. The van der Waals surface area contributed by atoms with Gasteiger partial charge in [0.1, 0.15) is 0 Å². The first-order chi connectivity index (χ1) is 23.7. The first kappa shape index (κ1) is 28.0. The lowest BCUT2D eigenvalue weighted by atomic mass is 9.91. The standard InChI is InChI=1S/C48H32/c1-2-8-35(9-3-1)36-20-22-37(23-21-36)40-25-24-38-28-33(16-18-41(38)30-40)14-15-34-17-19-42-31-45(27-26-39(42)29-34)48-46-12-6-4-10-43(46)32-44-11-5-7-13-47(44)48/h1-32H. The van der Waals surface area contributed by atoms with E-state index in [9.17, 15) is 0 Å². The van der Waals surface area contributed by atoms with Crippen molar-refractivity contribution in [3.05, 3.63) is 193 Å². The van der Waals surface area contributed by atoms with Gasteiger partial charge in [0.05, 0.1) is 0 Å². The fraction of sp³-hybridized carbons (Fsp3) is 0. The van der Waals surface area contributed by atoms with E-state index < -0.39 is 0 Å². The Morgan fingerprint density at radius 2 is 0.667 bits per heavy atom. The van der Waals surface area contributed by atoms with E-state index in [1.807, 2.05) is 0 Å². The summed E-state index contributed by atoms with van der Waals surface area (Å²) in [6, 6.07) is 66.2. The van der Waals surface area contributed by atoms with E-state index in [0.29, 0.717) is 0 Å². The summed E-state index contributed by atoms with van der Waals surface area (Å²) in [7, 11) is 0. The van der Waals surface area contributed by atoms with Gasteiger partial charge in [0.2, 0.25) is 0 Å².